The van der Waals surface area contributed by atoms with E-state index in [1.54, 1.807) is 0 Å². The Bertz CT molecular complexity index is 193. The lowest BCUT2D eigenvalue weighted by atomic mass is 10.1. The van der Waals surface area contributed by atoms with E-state index in [4.69, 9.17) is 11.7 Å². The van der Waals surface area contributed by atoms with Crippen LogP contribution >= 0.6 is 0 Å². The molecule has 0 aromatic carbocycles. The molecule has 0 saturated carbocycles. The van der Waals surface area contributed by atoms with Crippen molar-refractivity contribution in [1.82, 2.24) is 5.32 Å². The third-order valence-corrected chi connectivity index (χ3v) is 1.43. The van der Waals surface area contributed by atoms with Crippen molar-refractivity contribution < 1.29 is 0 Å². The minimum Gasteiger partial charge on any atom is -0.300 e. The van der Waals surface area contributed by atoms with Crippen molar-refractivity contribution in [3.05, 3.63) is 0 Å². The van der Waals surface area contributed by atoms with E-state index in [9.17, 15) is 0 Å². The normalized spacial score (nSPS) is 13.2. The molecule has 11 heavy (non-hydrogen) atoms. The van der Waals surface area contributed by atoms with E-state index in [0.717, 1.165) is 0 Å². The van der Waals surface area contributed by atoms with Gasteiger partial charge in [-0.3, -0.25) is 0 Å². The molecule has 0 aromatic rings. The molecule has 1 atom stereocenters. The highest BCUT2D eigenvalue weighted by Crippen LogP contribution is 2.00. The van der Waals surface area contributed by atoms with E-state index >= 15 is 0 Å². The Morgan fingerprint density at radius 1 is 1.64 bits per heavy atom. The van der Waals surface area contributed by atoms with Gasteiger partial charge < -0.3 is 5.32 Å². The minimum atomic E-state index is -0.300. The molecule has 0 heterocycles. The van der Waals surface area contributed by atoms with Crippen LogP contribution in [0.15, 0.2) is 0 Å². The van der Waals surface area contributed by atoms with Crippen LogP contribution in [0, 0.1) is 29.6 Å². The van der Waals surface area contributed by atoms with Crippen LogP contribution in [0.4, 0.5) is 0 Å². The van der Waals surface area contributed by atoms with Crippen molar-refractivity contribution in [3.8, 4) is 18.4 Å². The first-order valence-electron chi connectivity index (χ1n) is 3.64. The number of terminal acetylenes is 1. The van der Waals surface area contributed by atoms with Gasteiger partial charge >= 0.3 is 0 Å². The molecule has 0 aliphatic rings. The summed E-state index contributed by atoms with van der Waals surface area (Å²) in [5.41, 5.74) is -0.300. The van der Waals surface area contributed by atoms with Gasteiger partial charge in [-0.05, 0) is 20.8 Å². The average Bonchev–Trinajstić information content (AvgIpc) is 2.00. The highest BCUT2D eigenvalue weighted by Gasteiger charge is 2.13. The predicted octanol–water partition coefficient (Wildman–Crippen LogP) is 1.15. The summed E-state index contributed by atoms with van der Waals surface area (Å²) in [5, 5.41) is 11.6. The van der Waals surface area contributed by atoms with Crippen molar-refractivity contribution in [3.63, 3.8) is 0 Å². The Labute approximate surface area is 68.6 Å². The highest BCUT2D eigenvalue weighted by atomic mass is 14.9. The maximum Gasteiger partial charge on any atom is 0.0741 e. The van der Waals surface area contributed by atoms with Gasteiger partial charge in [-0.25, -0.2) is 0 Å². The van der Waals surface area contributed by atoms with Gasteiger partial charge in [0.05, 0.1) is 17.5 Å². The predicted molar refractivity (Wildman–Crippen MR) is 45.7 cm³/mol. The Hall–Kier alpha value is -0.990. The molecule has 0 aliphatic heterocycles. The summed E-state index contributed by atoms with van der Waals surface area (Å²) < 4.78 is 0. The largest absolute Gasteiger partial charge is 0.300 e. The van der Waals surface area contributed by atoms with Crippen LogP contribution in [-0.4, -0.2) is 12.1 Å². The number of hydrogen-bond donors (Lipinski definition) is 1. The summed E-state index contributed by atoms with van der Waals surface area (Å²) in [7, 11) is 0. The van der Waals surface area contributed by atoms with Gasteiger partial charge in [-0.1, -0.05) is 5.92 Å². The van der Waals surface area contributed by atoms with Gasteiger partial charge in [-0.2, -0.15) is 5.26 Å². The fraction of sp³-hybridized carbons (Fsp3) is 0.667. The van der Waals surface area contributed by atoms with Gasteiger partial charge in [-0.15, -0.1) is 6.42 Å². The molecule has 2 nitrogen and oxygen atoms in total. The average molecular weight is 150 g/mol. The standard InChI is InChI=1S/C9H14N2/c1-5-9(3,4)11-7-8(2)6-10/h1,8,11H,7H2,2-4H3. The summed E-state index contributed by atoms with van der Waals surface area (Å²) >= 11 is 0. The summed E-state index contributed by atoms with van der Waals surface area (Å²) in [5.74, 6) is 2.62. The van der Waals surface area contributed by atoms with Crippen molar-refractivity contribution in [2.24, 2.45) is 5.92 Å². The third kappa shape index (κ3) is 4.42. The van der Waals surface area contributed by atoms with Crippen LogP contribution in [0.25, 0.3) is 0 Å². The molecule has 0 aromatic heterocycles. The molecular formula is C9H14N2. The van der Waals surface area contributed by atoms with E-state index in [1.807, 2.05) is 20.8 Å². The van der Waals surface area contributed by atoms with Crippen LogP contribution in [0.5, 0.6) is 0 Å². The van der Waals surface area contributed by atoms with Crippen molar-refractivity contribution in [1.29, 1.82) is 5.26 Å². The lowest BCUT2D eigenvalue weighted by Gasteiger charge is -2.19. The molecule has 0 spiro atoms. The van der Waals surface area contributed by atoms with Crippen molar-refractivity contribution in [2.75, 3.05) is 6.54 Å². The fourth-order valence-corrected chi connectivity index (χ4v) is 0.505. The van der Waals surface area contributed by atoms with Crippen LogP contribution in [0.1, 0.15) is 20.8 Å². The van der Waals surface area contributed by atoms with E-state index in [1.165, 1.54) is 0 Å². The number of nitrogens with zero attached hydrogens (tertiary/aromatic N) is 1. The first kappa shape index (κ1) is 10.0. The van der Waals surface area contributed by atoms with E-state index in [2.05, 4.69) is 17.3 Å². The molecule has 0 saturated heterocycles. The number of hydrogen-bond acceptors (Lipinski definition) is 2. The Balaban J connectivity index is 3.74. The van der Waals surface area contributed by atoms with E-state index in [0.29, 0.717) is 6.54 Å². The smallest absolute Gasteiger partial charge is 0.0741 e. The minimum absolute atomic E-state index is 0.0163. The first-order chi connectivity index (χ1) is 5.02. The Morgan fingerprint density at radius 2 is 2.18 bits per heavy atom. The zero-order valence-corrected chi connectivity index (χ0v) is 7.31. The second-order valence-electron chi connectivity index (χ2n) is 3.18. The second kappa shape index (κ2) is 4.01. The molecule has 0 amide bonds. The molecule has 1 unspecified atom stereocenters. The van der Waals surface area contributed by atoms with Gasteiger partial charge in [0.15, 0.2) is 0 Å². The molecule has 0 radical (unpaired) electrons. The quantitative estimate of drug-likeness (QED) is 0.612. The summed E-state index contributed by atoms with van der Waals surface area (Å²) in [6.07, 6.45) is 5.24. The van der Waals surface area contributed by atoms with Crippen LogP contribution in [-0.2, 0) is 0 Å². The summed E-state index contributed by atoms with van der Waals surface area (Å²) in [4.78, 5) is 0. The van der Waals surface area contributed by atoms with Crippen LogP contribution in [0.2, 0.25) is 0 Å². The number of nitrogens with one attached hydrogen (secondary N) is 1. The monoisotopic (exact) mass is 150 g/mol. The van der Waals surface area contributed by atoms with Gasteiger partial charge in [0.2, 0.25) is 0 Å². The summed E-state index contributed by atoms with van der Waals surface area (Å²) in [6, 6.07) is 2.13. The lowest BCUT2D eigenvalue weighted by Crippen LogP contribution is -2.39. The third-order valence-electron chi connectivity index (χ3n) is 1.43. The molecular weight excluding hydrogens is 136 g/mol. The van der Waals surface area contributed by atoms with Crippen LogP contribution in [0.3, 0.4) is 0 Å². The Kier molecular flexibility index (Phi) is 3.65. The maximum atomic E-state index is 8.46. The van der Waals surface area contributed by atoms with E-state index < -0.39 is 0 Å². The first-order valence-corrected chi connectivity index (χ1v) is 3.64. The molecule has 0 aliphatic carbocycles. The Morgan fingerprint density at radius 3 is 2.55 bits per heavy atom. The van der Waals surface area contributed by atoms with Gasteiger partial charge in [0.1, 0.15) is 0 Å². The molecule has 2 heteroatoms. The molecule has 60 valence electrons. The second-order valence-corrected chi connectivity index (χ2v) is 3.18. The number of rotatable bonds is 3. The zero-order chi connectivity index (χ0) is 8.91. The summed E-state index contributed by atoms with van der Waals surface area (Å²) in [6.45, 7) is 6.33. The topological polar surface area (TPSA) is 35.8 Å². The zero-order valence-electron chi connectivity index (χ0n) is 7.31. The molecule has 1 N–H and O–H groups in total. The molecule has 0 rings (SSSR count). The van der Waals surface area contributed by atoms with Gasteiger partial charge in [0, 0.05) is 6.54 Å². The highest BCUT2D eigenvalue weighted by molar-refractivity contribution is 5.07. The maximum absolute atomic E-state index is 8.46. The van der Waals surface area contributed by atoms with Crippen molar-refractivity contribution in [2.45, 2.75) is 26.3 Å². The lowest BCUT2D eigenvalue weighted by molar-refractivity contribution is 0.464. The van der Waals surface area contributed by atoms with Crippen LogP contribution < -0.4 is 5.32 Å². The van der Waals surface area contributed by atoms with Gasteiger partial charge in [0.25, 0.3) is 0 Å². The fourth-order valence-electron chi connectivity index (χ4n) is 0.505. The number of nitriles is 1. The van der Waals surface area contributed by atoms with E-state index in [-0.39, 0.29) is 11.5 Å². The SMILES string of the molecule is C#CC(C)(C)NCC(C)C#N. The molecule has 0 bridgehead atoms. The van der Waals surface area contributed by atoms with Crippen molar-refractivity contribution >= 4 is 0 Å². The molecule has 0 fully saturated rings.